The normalized spacial score (nSPS) is 6.60. The minimum atomic E-state index is 0.913. The van der Waals surface area contributed by atoms with Crippen LogP contribution in [-0.2, 0) is 0 Å². The summed E-state index contributed by atoms with van der Waals surface area (Å²) in [6, 6.07) is 0. The van der Waals surface area contributed by atoms with Crippen LogP contribution in [0.15, 0.2) is 0 Å². The van der Waals surface area contributed by atoms with Gasteiger partial charge in [-0.25, -0.2) is 0 Å². The molecule has 0 aromatic rings. The first-order valence-corrected chi connectivity index (χ1v) is 1.71. The summed E-state index contributed by atoms with van der Waals surface area (Å²) < 4.78 is 0. The predicted octanol–water partition coefficient (Wildman–Crippen LogP) is -0.345. The molecule has 1 nitrogen and oxygen atoms in total. The summed E-state index contributed by atoms with van der Waals surface area (Å²) in [7, 11) is 1.06. The zero-order chi connectivity index (χ0) is 4.12. The van der Waals surface area contributed by atoms with Crippen LogP contribution in [0.4, 0.5) is 0 Å². The number of hydrogen-bond acceptors (Lipinski definition) is 1. The van der Waals surface area contributed by atoms with Gasteiger partial charge in [0.15, 0.2) is 0 Å². The van der Waals surface area contributed by atoms with E-state index in [0.29, 0.717) is 0 Å². The van der Waals surface area contributed by atoms with Crippen molar-refractivity contribution >= 4 is 13.8 Å². The first-order valence-electron chi connectivity index (χ1n) is 1.71. The second-order valence-electron chi connectivity index (χ2n) is 0.793. The molecule has 0 spiro atoms. The van der Waals surface area contributed by atoms with Crippen molar-refractivity contribution in [3.8, 4) is 0 Å². The van der Waals surface area contributed by atoms with Crippen molar-refractivity contribution < 1.29 is 5.02 Å². The second kappa shape index (κ2) is 3.93. The molecule has 5 heavy (non-hydrogen) atoms. The van der Waals surface area contributed by atoms with Gasteiger partial charge in [-0.3, -0.25) is 0 Å². The molecule has 26 valence electrons. The molecule has 0 rings (SSSR count). The van der Waals surface area contributed by atoms with Gasteiger partial charge in [0.05, 0.1) is 0 Å². The molecular weight excluding hydrogens is 61.6 g/mol. The van der Waals surface area contributed by atoms with Gasteiger partial charge in [-0.05, 0) is 0 Å². The summed E-state index contributed by atoms with van der Waals surface area (Å²) in [5.74, 6) is 0. The molecule has 0 heterocycles. The Morgan fingerprint density at radius 2 is 2.40 bits per heavy atom. The van der Waals surface area contributed by atoms with Crippen LogP contribution in [0.2, 0.25) is 6.32 Å². The maximum atomic E-state index is 7.89. The van der Waals surface area contributed by atoms with Gasteiger partial charge in [0, 0.05) is 0 Å². The Balaban J connectivity index is 2.62. The van der Waals surface area contributed by atoms with Gasteiger partial charge < -0.3 is 0 Å². The molecule has 0 aliphatic rings. The first kappa shape index (κ1) is 4.93. The van der Waals surface area contributed by atoms with Gasteiger partial charge in [-0.1, -0.05) is 0 Å². The van der Waals surface area contributed by atoms with Crippen LogP contribution in [0.1, 0.15) is 6.92 Å². The van der Waals surface area contributed by atoms with E-state index < -0.39 is 0 Å². The third-order valence-electron chi connectivity index (χ3n) is 0.341. The number of rotatable bonds is 1. The van der Waals surface area contributed by atoms with Crippen molar-refractivity contribution in [3.05, 3.63) is 0 Å². The van der Waals surface area contributed by atoms with E-state index in [4.69, 9.17) is 5.02 Å². The van der Waals surface area contributed by atoms with Gasteiger partial charge in [-0.2, -0.15) is 0 Å². The summed E-state index contributed by atoms with van der Waals surface area (Å²) in [5, 5.41) is 7.89. The van der Waals surface area contributed by atoms with Crippen molar-refractivity contribution in [2.75, 3.05) is 0 Å². The van der Waals surface area contributed by atoms with Gasteiger partial charge in [0.1, 0.15) is 0 Å². The Labute approximate surface area is 33.2 Å². The molecule has 0 atom stereocenters. The van der Waals surface area contributed by atoms with Gasteiger partial charge in [-0.15, -0.1) is 0 Å². The molecule has 3 heteroatoms. The summed E-state index contributed by atoms with van der Waals surface area (Å²) in [6.07, 6.45) is 0.913. The SMILES string of the molecule is CCB=BO. The van der Waals surface area contributed by atoms with E-state index in [2.05, 4.69) is 0 Å². The third kappa shape index (κ3) is 3.93. The Hall–Kier alpha value is -0.0701. The summed E-state index contributed by atoms with van der Waals surface area (Å²) in [4.78, 5) is 0. The fourth-order valence-corrected chi connectivity index (χ4v) is 0.105. The van der Waals surface area contributed by atoms with E-state index in [1.165, 1.54) is 0 Å². The molecule has 0 radical (unpaired) electrons. The fraction of sp³-hybridized carbons (Fsp3) is 1.00. The van der Waals surface area contributed by atoms with Crippen molar-refractivity contribution in [1.29, 1.82) is 0 Å². The monoisotopic (exact) mass is 68.1 g/mol. The van der Waals surface area contributed by atoms with Crippen LogP contribution < -0.4 is 0 Å². The van der Waals surface area contributed by atoms with E-state index in [1.807, 2.05) is 6.92 Å². The van der Waals surface area contributed by atoms with Crippen LogP contribution in [-0.4, -0.2) is 18.8 Å². The van der Waals surface area contributed by atoms with E-state index >= 15 is 0 Å². The Kier molecular flexibility index (Phi) is 3.87. The van der Waals surface area contributed by atoms with Crippen LogP contribution in [0.25, 0.3) is 0 Å². The topological polar surface area (TPSA) is 20.2 Å². The maximum absolute atomic E-state index is 7.89. The van der Waals surface area contributed by atoms with Crippen LogP contribution in [0, 0.1) is 0 Å². The van der Waals surface area contributed by atoms with Gasteiger partial charge in [0.2, 0.25) is 0 Å². The molecule has 0 saturated carbocycles. The molecule has 0 aromatic carbocycles. The van der Waals surface area contributed by atoms with Gasteiger partial charge in [0.25, 0.3) is 0 Å². The fourth-order valence-electron chi connectivity index (χ4n) is 0.105. The van der Waals surface area contributed by atoms with Crippen molar-refractivity contribution in [3.63, 3.8) is 0 Å². The molecule has 0 aliphatic carbocycles. The van der Waals surface area contributed by atoms with Crippen LogP contribution >= 0.6 is 0 Å². The summed E-state index contributed by atoms with van der Waals surface area (Å²) in [6.45, 7) is 3.65. The zero-order valence-corrected chi connectivity index (χ0v) is 3.31. The Bertz CT molecular complexity index is 34.6. The van der Waals surface area contributed by atoms with Crippen LogP contribution in [0.3, 0.4) is 0 Å². The molecule has 0 fully saturated rings. The van der Waals surface area contributed by atoms with E-state index in [0.717, 1.165) is 13.3 Å². The van der Waals surface area contributed by atoms with Crippen molar-refractivity contribution in [1.82, 2.24) is 0 Å². The molecule has 0 aliphatic heterocycles. The standard InChI is InChI=1S/C2H6B2O/c1-2-3-4-5/h5H,2H2,1H3. The third-order valence-corrected chi connectivity index (χ3v) is 0.341. The summed E-state index contributed by atoms with van der Waals surface area (Å²) >= 11 is 0. The zero-order valence-electron chi connectivity index (χ0n) is 3.31. The predicted molar refractivity (Wildman–Crippen MR) is 24.2 cm³/mol. The summed E-state index contributed by atoms with van der Waals surface area (Å²) in [5.41, 5.74) is 0. The van der Waals surface area contributed by atoms with Crippen molar-refractivity contribution in [2.24, 2.45) is 0 Å². The van der Waals surface area contributed by atoms with Gasteiger partial charge >= 0.3 is 32.1 Å². The average molecular weight is 67.7 g/mol. The molecule has 0 amide bonds. The molecule has 0 aromatic heterocycles. The van der Waals surface area contributed by atoms with Crippen LogP contribution in [0.5, 0.6) is 0 Å². The Morgan fingerprint density at radius 1 is 1.80 bits per heavy atom. The van der Waals surface area contributed by atoms with E-state index in [9.17, 15) is 0 Å². The van der Waals surface area contributed by atoms with Crippen molar-refractivity contribution in [2.45, 2.75) is 13.2 Å². The molecular formula is C2H6B2O. The minimum absolute atomic E-state index is 0.913. The molecule has 1 N–H and O–H groups in total. The second-order valence-corrected chi connectivity index (χ2v) is 0.793. The quantitative estimate of drug-likeness (QED) is 0.416. The average Bonchev–Trinajstić information content (AvgIpc) is 1.41. The van der Waals surface area contributed by atoms with E-state index in [1.54, 1.807) is 6.80 Å². The van der Waals surface area contributed by atoms with E-state index in [-0.39, 0.29) is 0 Å². The Morgan fingerprint density at radius 3 is 2.40 bits per heavy atom. The molecule has 0 bridgehead atoms. The molecule has 0 saturated heterocycles. The molecule has 0 unspecified atom stereocenters. The first-order chi connectivity index (χ1) is 2.41. The number of hydrogen-bond donors (Lipinski definition) is 1.